The van der Waals surface area contributed by atoms with E-state index in [0.717, 1.165) is 39.0 Å². The van der Waals surface area contributed by atoms with Crippen molar-refractivity contribution in [3.8, 4) is 28.6 Å². The molecule has 8 rings (SSSR count). The molecule has 6 bridgehead atoms. The Balaban J connectivity index is 1.21. The Labute approximate surface area is 372 Å². The van der Waals surface area contributed by atoms with Crippen LogP contribution in [0.2, 0.25) is 0 Å². The zero-order valence-electron chi connectivity index (χ0n) is 37.2. The standard InChI is InChI=1S/C47H58N8O7S/c1-8-54-35-15-14-29-20-31(35)32(40(54)30-12-10-17-49-38(30)27(4)60-7)21-47(5,6)25-62-46(59)33-13-11-18-55(52-33)45(58)39(41(61-9-2)43-50-34(29)24-63-43)51-42(56)36-26(3)37(36)44(57)53-19-16-28(22-48)23-53/h10,12,14-15,17,20,24,26-28,33,36-37,39,41,52H,8-9,11,13,16,18-19,21,23,25H2,1-7H3,(H,51,56)/t26-,27+,28-,33+,36-,37-,39+,41+/m1/s1. The molecule has 0 unspecified atom stereocenters. The summed E-state index contributed by atoms with van der Waals surface area (Å²) >= 11 is 1.35. The number of fused-ring (bicyclic) bond motifs is 6. The number of pyridine rings is 1. The van der Waals surface area contributed by atoms with Crippen LogP contribution in [-0.4, -0.2) is 100 Å². The van der Waals surface area contributed by atoms with E-state index < -0.39 is 53.2 Å². The largest absolute Gasteiger partial charge is 0.464 e. The van der Waals surface area contributed by atoms with Crippen LogP contribution >= 0.6 is 11.3 Å². The number of aryl methyl sites for hydroxylation is 1. The molecular formula is C47H58N8O7S. The van der Waals surface area contributed by atoms with Crippen molar-refractivity contribution >= 4 is 45.9 Å². The van der Waals surface area contributed by atoms with Crippen molar-refractivity contribution in [1.29, 1.82) is 5.26 Å². The monoisotopic (exact) mass is 878 g/mol. The van der Waals surface area contributed by atoms with Crippen molar-refractivity contribution in [2.75, 3.05) is 40.0 Å². The molecule has 3 aromatic heterocycles. The number of methoxy groups -OCH3 is 1. The number of hydrogen-bond donors (Lipinski definition) is 2. The highest BCUT2D eigenvalue weighted by Crippen LogP contribution is 2.48. The maximum atomic E-state index is 14.8. The summed E-state index contributed by atoms with van der Waals surface area (Å²) in [4.78, 5) is 68.2. The van der Waals surface area contributed by atoms with E-state index in [1.165, 1.54) is 16.3 Å². The first-order valence-corrected chi connectivity index (χ1v) is 23.1. The van der Waals surface area contributed by atoms with Gasteiger partial charge in [0.15, 0.2) is 0 Å². The maximum Gasteiger partial charge on any atom is 0.324 e. The van der Waals surface area contributed by atoms with Gasteiger partial charge in [-0.05, 0) is 82.2 Å². The average Bonchev–Trinajstić information content (AvgIpc) is 3.68. The summed E-state index contributed by atoms with van der Waals surface area (Å²) in [6.07, 6.45) is 2.69. The molecule has 1 aliphatic carbocycles. The first kappa shape index (κ1) is 44.4. The minimum absolute atomic E-state index is 0.124. The number of amides is 3. The molecule has 3 aliphatic heterocycles. The van der Waals surface area contributed by atoms with Crippen molar-refractivity contribution in [3.63, 3.8) is 0 Å². The van der Waals surface area contributed by atoms with Crippen molar-refractivity contribution in [2.24, 2.45) is 29.1 Å². The van der Waals surface area contributed by atoms with Crippen molar-refractivity contribution in [1.82, 2.24) is 35.2 Å². The van der Waals surface area contributed by atoms with Crippen LogP contribution in [0.1, 0.15) is 89.3 Å². The molecule has 16 heteroatoms. The molecule has 4 aromatic rings. The van der Waals surface area contributed by atoms with Crippen molar-refractivity contribution in [2.45, 2.75) is 98.1 Å². The number of cyclic esters (lactones) is 1. The number of thiazole rings is 1. The molecule has 2 N–H and O–H groups in total. The van der Waals surface area contributed by atoms with Gasteiger partial charge in [-0.3, -0.25) is 29.2 Å². The van der Waals surface area contributed by atoms with Gasteiger partial charge in [0, 0.05) is 78.9 Å². The van der Waals surface area contributed by atoms with Gasteiger partial charge in [0.25, 0.3) is 5.91 Å². The quantitative estimate of drug-likeness (QED) is 0.189. The molecule has 1 saturated carbocycles. The number of esters is 1. The van der Waals surface area contributed by atoms with Crippen LogP contribution in [0.3, 0.4) is 0 Å². The molecular weight excluding hydrogens is 821 g/mol. The number of hydrazine groups is 1. The number of aromatic nitrogens is 3. The second kappa shape index (κ2) is 18.1. The lowest BCUT2D eigenvalue weighted by molar-refractivity contribution is -0.156. The van der Waals surface area contributed by atoms with Crippen LogP contribution in [0.4, 0.5) is 0 Å². The fraction of sp³-hybridized carbons (Fsp3) is 0.553. The smallest absolute Gasteiger partial charge is 0.324 e. The Hall–Kier alpha value is -5.21. The highest BCUT2D eigenvalue weighted by molar-refractivity contribution is 7.10. The summed E-state index contributed by atoms with van der Waals surface area (Å²) in [5.41, 5.74) is 9.14. The number of likely N-dealkylation sites (tertiary alicyclic amines) is 1. The Morgan fingerprint density at radius 2 is 1.97 bits per heavy atom. The fourth-order valence-electron chi connectivity index (χ4n) is 9.71. The number of carbonyl (C=O) groups is 4. The predicted molar refractivity (Wildman–Crippen MR) is 236 cm³/mol. The van der Waals surface area contributed by atoms with E-state index in [2.05, 4.69) is 66.4 Å². The van der Waals surface area contributed by atoms with Gasteiger partial charge in [-0.25, -0.2) is 10.4 Å². The lowest BCUT2D eigenvalue weighted by Crippen LogP contribution is -2.61. The lowest BCUT2D eigenvalue weighted by atomic mass is 9.84. The summed E-state index contributed by atoms with van der Waals surface area (Å²) in [7, 11) is 1.68. The zero-order valence-corrected chi connectivity index (χ0v) is 38.0. The van der Waals surface area contributed by atoms with Gasteiger partial charge >= 0.3 is 5.97 Å². The van der Waals surface area contributed by atoms with E-state index in [1.807, 2.05) is 32.2 Å². The summed E-state index contributed by atoms with van der Waals surface area (Å²) in [5, 5.41) is 17.3. The van der Waals surface area contributed by atoms with Crippen LogP contribution in [0.15, 0.2) is 41.9 Å². The third-order valence-corrected chi connectivity index (χ3v) is 14.1. The second-order valence-corrected chi connectivity index (χ2v) is 19.0. The Morgan fingerprint density at radius 1 is 1.16 bits per heavy atom. The number of rotatable bonds is 9. The molecule has 0 radical (unpaired) electrons. The van der Waals surface area contributed by atoms with Crippen LogP contribution in [0, 0.1) is 40.4 Å². The first-order valence-electron chi connectivity index (χ1n) is 22.2. The highest BCUT2D eigenvalue weighted by Gasteiger charge is 2.58. The predicted octanol–water partition coefficient (Wildman–Crippen LogP) is 5.99. The SMILES string of the molecule is CCO[C@@H]1c2nc(cs2)-c2ccc3c(c2)c(c(-c2cccnc2[C@H](C)OC)n3CC)CC(C)(C)COC(=O)[C@@H]2CCCN(N2)C(=O)[C@H]1NC(=O)[C@@H]1[C@@H](C)[C@H]1C(=O)N1CC[C@H](C#N)C1. The molecule has 334 valence electrons. The number of nitrogens with one attached hydrogen (secondary N) is 2. The number of nitrogens with zero attached hydrogens (tertiary/aromatic N) is 6. The minimum Gasteiger partial charge on any atom is -0.464 e. The minimum atomic E-state index is -1.24. The number of benzene rings is 1. The molecule has 2 saturated heterocycles. The van der Waals surface area contributed by atoms with E-state index >= 15 is 0 Å². The summed E-state index contributed by atoms with van der Waals surface area (Å²) in [6.45, 7) is 14.1. The van der Waals surface area contributed by atoms with Crippen LogP contribution in [-0.2, 0) is 46.4 Å². The maximum absolute atomic E-state index is 14.8. The average molecular weight is 879 g/mol. The van der Waals surface area contributed by atoms with Crippen molar-refractivity contribution in [3.05, 3.63) is 58.2 Å². The van der Waals surface area contributed by atoms with E-state index in [1.54, 1.807) is 18.2 Å². The van der Waals surface area contributed by atoms with E-state index in [-0.39, 0.29) is 43.6 Å². The Kier molecular flexibility index (Phi) is 12.8. The van der Waals surface area contributed by atoms with Gasteiger partial charge in [-0.1, -0.05) is 26.8 Å². The van der Waals surface area contributed by atoms with Crippen LogP contribution < -0.4 is 10.7 Å². The molecule has 63 heavy (non-hydrogen) atoms. The fourth-order valence-corrected chi connectivity index (χ4v) is 10.6. The van der Waals surface area contributed by atoms with Gasteiger partial charge in [-0.15, -0.1) is 11.3 Å². The lowest BCUT2D eigenvalue weighted by Gasteiger charge is -2.37. The highest BCUT2D eigenvalue weighted by atomic mass is 32.1. The summed E-state index contributed by atoms with van der Waals surface area (Å²) in [6, 6.07) is 10.6. The number of nitriles is 1. The topological polar surface area (TPSA) is 181 Å². The van der Waals surface area contributed by atoms with Gasteiger partial charge in [0.1, 0.15) is 23.2 Å². The molecule has 6 heterocycles. The normalized spacial score (nSPS) is 26.5. The molecule has 15 nitrogen and oxygen atoms in total. The zero-order chi connectivity index (χ0) is 44.7. The van der Waals surface area contributed by atoms with Crippen LogP contribution in [0.25, 0.3) is 33.4 Å². The van der Waals surface area contributed by atoms with Crippen LogP contribution in [0.5, 0.6) is 0 Å². The van der Waals surface area contributed by atoms with Gasteiger partial charge < -0.3 is 29.0 Å². The van der Waals surface area contributed by atoms with E-state index in [0.29, 0.717) is 56.0 Å². The molecule has 4 aliphatic rings. The molecule has 3 fully saturated rings. The molecule has 1 aromatic carbocycles. The molecule has 0 spiro atoms. The molecule has 8 atom stereocenters. The van der Waals surface area contributed by atoms with Gasteiger partial charge in [-0.2, -0.15) is 5.26 Å². The third-order valence-electron chi connectivity index (χ3n) is 13.2. The molecule has 3 amide bonds. The Morgan fingerprint density at radius 3 is 2.70 bits per heavy atom. The third kappa shape index (κ3) is 8.60. The van der Waals surface area contributed by atoms with E-state index in [9.17, 15) is 24.4 Å². The number of hydrogen-bond acceptors (Lipinski definition) is 12. The number of carbonyl (C=O) groups excluding carboxylic acids is 4. The van der Waals surface area contributed by atoms with Gasteiger partial charge in [0.2, 0.25) is 11.8 Å². The summed E-state index contributed by atoms with van der Waals surface area (Å²) < 4.78 is 20.6. The first-order chi connectivity index (χ1) is 30.3. The van der Waals surface area contributed by atoms with Crippen molar-refractivity contribution < 1.29 is 33.4 Å². The van der Waals surface area contributed by atoms with Gasteiger partial charge in [0.05, 0.1) is 53.6 Å². The Bertz CT molecular complexity index is 2440. The summed E-state index contributed by atoms with van der Waals surface area (Å²) in [5.74, 6) is -3.21. The number of ether oxygens (including phenoxy) is 3. The van der Waals surface area contributed by atoms with E-state index in [4.69, 9.17) is 24.2 Å². The second-order valence-electron chi connectivity index (χ2n) is 18.1.